The summed E-state index contributed by atoms with van der Waals surface area (Å²) in [6.45, 7) is 14.9. The molecule has 3 fully saturated rings. The summed E-state index contributed by atoms with van der Waals surface area (Å²) in [5.74, 6) is 0.704. The summed E-state index contributed by atoms with van der Waals surface area (Å²) in [6, 6.07) is 0.543. The zero-order valence-corrected chi connectivity index (χ0v) is 14.4. The van der Waals surface area contributed by atoms with Crippen LogP contribution in [0.1, 0.15) is 42.4 Å². The van der Waals surface area contributed by atoms with E-state index < -0.39 is 0 Å². The van der Waals surface area contributed by atoms with E-state index in [0.29, 0.717) is 12.0 Å². The highest BCUT2D eigenvalue weighted by molar-refractivity contribution is 7.11. The van der Waals surface area contributed by atoms with Gasteiger partial charge in [-0.3, -0.25) is 9.80 Å². The van der Waals surface area contributed by atoms with Crippen molar-refractivity contribution < 1.29 is 0 Å². The number of piperazine rings is 3. The molecule has 3 aliphatic rings. The van der Waals surface area contributed by atoms with Crippen LogP contribution in [0.25, 0.3) is 0 Å². The first-order valence-corrected chi connectivity index (χ1v) is 9.14. The molecule has 1 atom stereocenters. The molecule has 118 valence electrons. The lowest BCUT2D eigenvalue weighted by molar-refractivity contribution is 0.0122. The fourth-order valence-electron chi connectivity index (χ4n) is 3.29. The number of aryl methyl sites for hydroxylation is 1. The van der Waals surface area contributed by atoms with Crippen LogP contribution < -0.4 is 5.32 Å². The first-order valence-electron chi connectivity index (χ1n) is 8.33. The molecule has 0 spiro atoms. The topological polar surface area (TPSA) is 31.4 Å². The molecule has 4 heterocycles. The molecule has 1 aromatic heterocycles. The molecule has 0 saturated carbocycles. The number of aromatic nitrogens is 1. The van der Waals surface area contributed by atoms with Gasteiger partial charge in [0.05, 0.1) is 11.7 Å². The number of nitrogens with one attached hydrogen (secondary N) is 1. The maximum atomic E-state index is 4.98. The minimum absolute atomic E-state index is 0.543. The molecule has 21 heavy (non-hydrogen) atoms. The van der Waals surface area contributed by atoms with Crippen molar-refractivity contribution in [1.29, 1.82) is 0 Å². The van der Waals surface area contributed by atoms with Crippen LogP contribution in [0.5, 0.6) is 0 Å². The highest BCUT2D eigenvalue weighted by Gasteiger charge is 2.34. The third kappa shape index (κ3) is 3.47. The second kappa shape index (κ2) is 6.73. The van der Waals surface area contributed by atoms with Crippen molar-refractivity contribution in [1.82, 2.24) is 20.1 Å². The summed E-state index contributed by atoms with van der Waals surface area (Å²) in [6.07, 6.45) is 1.05. The van der Waals surface area contributed by atoms with E-state index in [1.807, 2.05) is 11.3 Å². The Morgan fingerprint density at radius 3 is 2.62 bits per heavy atom. The molecule has 4 nitrogen and oxygen atoms in total. The van der Waals surface area contributed by atoms with Gasteiger partial charge in [-0.1, -0.05) is 20.8 Å². The van der Waals surface area contributed by atoms with Gasteiger partial charge in [0.2, 0.25) is 0 Å². The Labute approximate surface area is 132 Å². The lowest BCUT2D eigenvalue weighted by Gasteiger charge is -2.46. The average molecular weight is 308 g/mol. The van der Waals surface area contributed by atoms with Gasteiger partial charge in [-0.15, -0.1) is 11.3 Å². The summed E-state index contributed by atoms with van der Waals surface area (Å²) >= 11 is 1.94. The van der Waals surface area contributed by atoms with E-state index >= 15 is 0 Å². The van der Waals surface area contributed by atoms with Crippen LogP contribution in [0.2, 0.25) is 0 Å². The van der Waals surface area contributed by atoms with Crippen molar-refractivity contribution in [2.75, 3.05) is 39.3 Å². The average Bonchev–Trinajstić information content (AvgIpc) is 2.91. The molecule has 0 aromatic carbocycles. The maximum Gasteiger partial charge on any atom is 0.112 e. The summed E-state index contributed by atoms with van der Waals surface area (Å²) in [5.41, 5.74) is 1.31. The Morgan fingerprint density at radius 2 is 2.05 bits per heavy atom. The van der Waals surface area contributed by atoms with Gasteiger partial charge < -0.3 is 5.32 Å². The van der Waals surface area contributed by atoms with Crippen molar-refractivity contribution in [3.05, 3.63) is 15.6 Å². The molecule has 2 bridgehead atoms. The minimum atomic E-state index is 0.543. The second-order valence-electron chi connectivity index (χ2n) is 6.65. The number of fused-ring (bicyclic) bond motifs is 3. The monoisotopic (exact) mass is 308 g/mol. The Morgan fingerprint density at radius 1 is 1.29 bits per heavy atom. The number of rotatable bonds is 6. The molecule has 1 unspecified atom stereocenters. The van der Waals surface area contributed by atoms with E-state index in [4.69, 9.17) is 4.98 Å². The zero-order chi connectivity index (χ0) is 14.8. The molecule has 4 rings (SSSR count). The third-order valence-corrected chi connectivity index (χ3v) is 5.73. The van der Waals surface area contributed by atoms with Gasteiger partial charge in [-0.25, -0.2) is 4.98 Å². The number of hydrogen-bond acceptors (Lipinski definition) is 5. The SMILES string of the molecule is CCc1nc(C2CN3CCN2CC3)sc1CNCC(C)C. The van der Waals surface area contributed by atoms with E-state index in [1.54, 1.807) is 0 Å². The summed E-state index contributed by atoms with van der Waals surface area (Å²) in [4.78, 5) is 11.6. The zero-order valence-electron chi connectivity index (χ0n) is 13.6. The van der Waals surface area contributed by atoms with Crippen LogP contribution in [0, 0.1) is 5.92 Å². The molecule has 1 aromatic rings. The van der Waals surface area contributed by atoms with Crippen LogP contribution in [0.4, 0.5) is 0 Å². The molecule has 3 saturated heterocycles. The number of hydrogen-bond donors (Lipinski definition) is 1. The molecular formula is C16H28N4S. The third-order valence-electron chi connectivity index (χ3n) is 4.53. The standard InChI is InChI=1S/C16H28N4S/c1-4-13-15(10-17-9-12(2)3)21-16(18-13)14-11-19-5-7-20(14)8-6-19/h12,14,17H,4-11H2,1-3H3. The Balaban J connectivity index is 1.70. The summed E-state index contributed by atoms with van der Waals surface area (Å²) in [7, 11) is 0. The van der Waals surface area contributed by atoms with Gasteiger partial charge in [-0.2, -0.15) is 0 Å². The van der Waals surface area contributed by atoms with E-state index in [9.17, 15) is 0 Å². The fourth-order valence-corrected chi connectivity index (χ4v) is 4.54. The Hall–Kier alpha value is -0.490. The summed E-state index contributed by atoms with van der Waals surface area (Å²) in [5, 5.41) is 4.92. The van der Waals surface area contributed by atoms with Gasteiger partial charge in [0.1, 0.15) is 5.01 Å². The van der Waals surface area contributed by atoms with Gasteiger partial charge in [-0.05, 0) is 18.9 Å². The molecule has 1 N–H and O–H groups in total. The Bertz CT molecular complexity index is 463. The van der Waals surface area contributed by atoms with Crippen LogP contribution in [0.3, 0.4) is 0 Å². The summed E-state index contributed by atoms with van der Waals surface area (Å²) < 4.78 is 0. The van der Waals surface area contributed by atoms with E-state index in [0.717, 1.165) is 19.5 Å². The lowest BCUT2D eigenvalue weighted by Crippen LogP contribution is -2.56. The number of thiazole rings is 1. The highest BCUT2D eigenvalue weighted by Crippen LogP contribution is 2.33. The van der Waals surface area contributed by atoms with Crippen LogP contribution in [-0.2, 0) is 13.0 Å². The van der Waals surface area contributed by atoms with E-state index in [2.05, 4.69) is 35.9 Å². The predicted octanol–water partition coefficient (Wildman–Crippen LogP) is 2.12. The van der Waals surface area contributed by atoms with Gasteiger partial charge in [0, 0.05) is 44.1 Å². The molecule has 0 amide bonds. The van der Waals surface area contributed by atoms with Crippen molar-refractivity contribution in [2.45, 2.75) is 39.8 Å². The molecule has 3 aliphatic heterocycles. The molecular weight excluding hydrogens is 280 g/mol. The van der Waals surface area contributed by atoms with Crippen LogP contribution in [-0.4, -0.2) is 54.1 Å². The lowest BCUT2D eigenvalue weighted by atomic mass is 10.1. The van der Waals surface area contributed by atoms with Crippen molar-refractivity contribution in [2.24, 2.45) is 5.92 Å². The largest absolute Gasteiger partial charge is 0.312 e. The van der Waals surface area contributed by atoms with Gasteiger partial charge in [0.15, 0.2) is 0 Å². The smallest absolute Gasteiger partial charge is 0.112 e. The van der Waals surface area contributed by atoms with Crippen molar-refractivity contribution in [3.63, 3.8) is 0 Å². The van der Waals surface area contributed by atoms with Gasteiger partial charge >= 0.3 is 0 Å². The van der Waals surface area contributed by atoms with E-state index in [1.165, 1.54) is 48.3 Å². The van der Waals surface area contributed by atoms with Crippen LogP contribution in [0.15, 0.2) is 0 Å². The first kappa shape index (κ1) is 15.4. The molecule has 0 radical (unpaired) electrons. The van der Waals surface area contributed by atoms with Gasteiger partial charge in [0.25, 0.3) is 0 Å². The first-order chi connectivity index (χ1) is 10.2. The number of nitrogens with zero attached hydrogens (tertiary/aromatic N) is 3. The predicted molar refractivity (Wildman–Crippen MR) is 88.8 cm³/mol. The Kier molecular flexibility index (Phi) is 4.94. The van der Waals surface area contributed by atoms with Crippen LogP contribution >= 0.6 is 11.3 Å². The highest BCUT2D eigenvalue weighted by atomic mass is 32.1. The quantitative estimate of drug-likeness (QED) is 0.872. The molecule has 5 heteroatoms. The molecule has 0 aliphatic carbocycles. The van der Waals surface area contributed by atoms with Crippen molar-refractivity contribution >= 4 is 11.3 Å². The second-order valence-corrected chi connectivity index (χ2v) is 7.77. The normalized spacial score (nSPS) is 28.5. The minimum Gasteiger partial charge on any atom is -0.312 e. The fraction of sp³-hybridized carbons (Fsp3) is 0.812. The van der Waals surface area contributed by atoms with Crippen molar-refractivity contribution in [3.8, 4) is 0 Å². The maximum absolute atomic E-state index is 4.98. The van der Waals surface area contributed by atoms with E-state index in [-0.39, 0.29) is 0 Å².